The molecule has 0 amide bonds. The molecule has 108 valence electrons. The van der Waals surface area contributed by atoms with Crippen LogP contribution in [-0.2, 0) is 5.41 Å². The number of benzene rings is 1. The smallest absolute Gasteiger partial charge is 0.0463 e. The molecule has 1 heteroatoms. The fourth-order valence-corrected chi connectivity index (χ4v) is 4.39. The topological polar surface area (TPSA) is 15.8 Å². The Morgan fingerprint density at radius 2 is 2.05 bits per heavy atom. The minimum absolute atomic E-state index is 0.145. The van der Waals surface area contributed by atoms with Crippen molar-refractivity contribution in [2.45, 2.75) is 45.4 Å². The molecule has 1 nitrogen and oxygen atoms in total. The van der Waals surface area contributed by atoms with Crippen molar-refractivity contribution in [3.63, 3.8) is 0 Å². The summed E-state index contributed by atoms with van der Waals surface area (Å²) in [5.74, 6) is 0. The molecule has 2 aromatic rings. The first-order valence-electron chi connectivity index (χ1n) is 7.93. The lowest BCUT2D eigenvalue weighted by Crippen LogP contribution is -2.30. The zero-order valence-electron chi connectivity index (χ0n) is 13.2. The van der Waals surface area contributed by atoms with Crippen LogP contribution in [0.2, 0.25) is 0 Å². The minimum atomic E-state index is 0.145. The van der Waals surface area contributed by atoms with Crippen LogP contribution in [0.5, 0.6) is 0 Å². The zero-order valence-corrected chi connectivity index (χ0v) is 13.2. The first-order valence-corrected chi connectivity index (χ1v) is 7.93. The summed E-state index contributed by atoms with van der Waals surface area (Å²) in [6, 6.07) is 6.69. The van der Waals surface area contributed by atoms with Gasteiger partial charge in [-0.15, -0.1) is 6.58 Å². The van der Waals surface area contributed by atoms with Crippen molar-refractivity contribution < 1.29 is 0 Å². The molecule has 4 rings (SSSR count). The van der Waals surface area contributed by atoms with Crippen molar-refractivity contribution in [2.24, 2.45) is 5.41 Å². The van der Waals surface area contributed by atoms with Crippen molar-refractivity contribution in [1.29, 1.82) is 0 Å². The maximum absolute atomic E-state index is 4.08. The largest absolute Gasteiger partial charge is 0.361 e. The number of hydrogen-bond acceptors (Lipinski definition) is 0. The number of nitrogens with one attached hydrogen (secondary N) is 1. The highest BCUT2D eigenvalue weighted by Gasteiger charge is 2.40. The summed E-state index contributed by atoms with van der Waals surface area (Å²) < 4.78 is 0. The fourth-order valence-electron chi connectivity index (χ4n) is 4.39. The van der Waals surface area contributed by atoms with E-state index in [2.05, 4.69) is 62.8 Å². The van der Waals surface area contributed by atoms with Gasteiger partial charge in [0, 0.05) is 28.1 Å². The third-order valence-electron chi connectivity index (χ3n) is 5.84. The molecule has 1 aromatic carbocycles. The van der Waals surface area contributed by atoms with Crippen molar-refractivity contribution in [3.05, 3.63) is 53.8 Å². The van der Waals surface area contributed by atoms with Crippen LogP contribution in [0.25, 0.3) is 16.5 Å². The predicted molar refractivity (Wildman–Crippen MR) is 90.4 cm³/mol. The number of rotatable bonds is 1. The molecule has 0 bridgehead atoms. The molecule has 0 radical (unpaired) electrons. The summed E-state index contributed by atoms with van der Waals surface area (Å²) in [6.07, 6.45) is 7.90. The van der Waals surface area contributed by atoms with Crippen molar-refractivity contribution in [2.75, 3.05) is 0 Å². The molecule has 0 saturated heterocycles. The summed E-state index contributed by atoms with van der Waals surface area (Å²) in [7, 11) is 0. The highest BCUT2D eigenvalue weighted by atomic mass is 14.7. The summed E-state index contributed by atoms with van der Waals surface area (Å²) in [4.78, 5) is 3.48. The van der Waals surface area contributed by atoms with E-state index in [9.17, 15) is 0 Å². The molecule has 0 fully saturated rings. The Balaban J connectivity index is 2.03. The average Bonchev–Trinajstić information content (AvgIpc) is 2.89. The molecule has 1 atom stereocenters. The van der Waals surface area contributed by atoms with Gasteiger partial charge in [0.15, 0.2) is 0 Å². The minimum Gasteiger partial charge on any atom is -0.361 e. The highest BCUT2D eigenvalue weighted by Crippen LogP contribution is 2.55. The number of aromatic nitrogens is 1. The number of hydrogen-bond donors (Lipinski definition) is 1. The third kappa shape index (κ3) is 1.58. The lowest BCUT2D eigenvalue weighted by Gasteiger charge is -2.43. The number of aromatic amines is 1. The molecule has 0 saturated carbocycles. The highest BCUT2D eigenvalue weighted by molar-refractivity contribution is 6.00. The van der Waals surface area contributed by atoms with Gasteiger partial charge < -0.3 is 4.98 Å². The van der Waals surface area contributed by atoms with E-state index in [1.807, 2.05) is 0 Å². The van der Waals surface area contributed by atoms with E-state index in [0.717, 1.165) is 6.42 Å². The first-order chi connectivity index (χ1) is 9.96. The van der Waals surface area contributed by atoms with Gasteiger partial charge in [-0.2, -0.15) is 0 Å². The van der Waals surface area contributed by atoms with E-state index in [0.29, 0.717) is 0 Å². The monoisotopic (exact) mass is 277 g/mol. The molecule has 1 unspecified atom stereocenters. The van der Waals surface area contributed by atoms with Crippen molar-refractivity contribution in [3.8, 4) is 0 Å². The lowest BCUT2D eigenvalue weighted by atomic mass is 9.61. The first kappa shape index (κ1) is 12.9. The van der Waals surface area contributed by atoms with E-state index in [1.165, 1.54) is 34.9 Å². The second-order valence-corrected chi connectivity index (χ2v) is 7.55. The molecule has 2 aliphatic rings. The second kappa shape index (κ2) is 3.91. The van der Waals surface area contributed by atoms with Crippen molar-refractivity contribution >= 4 is 16.5 Å². The van der Waals surface area contributed by atoms with E-state index >= 15 is 0 Å². The maximum Gasteiger partial charge on any atom is 0.0463 e. The maximum atomic E-state index is 4.08. The zero-order chi connectivity index (χ0) is 14.8. The standard InChI is InChI=1S/C20H23N/c1-5-20(4)10-9-15-13(11-20)14-12-21-17-8-6-7-16(18(14)17)19(15,2)3/h5-8,12,21H,1,9-11H2,2-4H3. The van der Waals surface area contributed by atoms with Gasteiger partial charge >= 0.3 is 0 Å². The van der Waals surface area contributed by atoms with E-state index in [-0.39, 0.29) is 10.8 Å². The third-order valence-corrected chi connectivity index (χ3v) is 5.84. The average molecular weight is 277 g/mol. The van der Waals surface area contributed by atoms with E-state index in [4.69, 9.17) is 0 Å². The molecule has 0 aliphatic heterocycles. The molecular weight excluding hydrogens is 254 g/mol. The van der Waals surface area contributed by atoms with Gasteiger partial charge in [-0.3, -0.25) is 0 Å². The summed E-state index contributed by atoms with van der Waals surface area (Å²) in [6.45, 7) is 11.2. The fraction of sp³-hybridized carbons (Fsp3) is 0.400. The van der Waals surface area contributed by atoms with Gasteiger partial charge in [-0.25, -0.2) is 0 Å². The summed E-state index contributed by atoms with van der Waals surface area (Å²) in [5, 5.41) is 1.44. The van der Waals surface area contributed by atoms with Gasteiger partial charge in [-0.05, 0) is 41.9 Å². The van der Waals surface area contributed by atoms with Crippen molar-refractivity contribution in [1.82, 2.24) is 4.98 Å². The normalized spacial score (nSPS) is 26.8. The molecule has 1 N–H and O–H groups in total. The number of fused-ring (bicyclic) bond motifs is 1. The summed E-state index contributed by atoms with van der Waals surface area (Å²) >= 11 is 0. The Kier molecular flexibility index (Phi) is 2.41. The predicted octanol–water partition coefficient (Wildman–Crippen LogP) is 5.59. The van der Waals surface area contributed by atoms with Crippen LogP contribution in [0.3, 0.4) is 0 Å². The van der Waals surface area contributed by atoms with E-state index in [1.54, 1.807) is 11.1 Å². The van der Waals surface area contributed by atoms with E-state index < -0.39 is 0 Å². The molecule has 0 spiro atoms. The molecular formula is C20H23N. The van der Waals surface area contributed by atoms with Gasteiger partial charge in [0.1, 0.15) is 0 Å². The van der Waals surface area contributed by atoms with Crippen LogP contribution < -0.4 is 0 Å². The quantitative estimate of drug-likeness (QED) is 0.654. The van der Waals surface area contributed by atoms with Crippen LogP contribution in [0.1, 0.15) is 51.2 Å². The number of allylic oxidation sites excluding steroid dienone is 3. The van der Waals surface area contributed by atoms with Crippen LogP contribution in [0, 0.1) is 5.41 Å². The lowest BCUT2D eigenvalue weighted by molar-refractivity contribution is 0.370. The second-order valence-electron chi connectivity index (χ2n) is 7.55. The van der Waals surface area contributed by atoms with Crippen LogP contribution in [0.4, 0.5) is 0 Å². The molecule has 21 heavy (non-hydrogen) atoms. The Bertz CT molecular complexity index is 787. The number of H-pyrrole nitrogens is 1. The van der Waals surface area contributed by atoms with Crippen LogP contribution in [0.15, 0.2) is 42.6 Å². The van der Waals surface area contributed by atoms with Gasteiger partial charge in [-0.1, -0.05) is 44.6 Å². The van der Waals surface area contributed by atoms with Gasteiger partial charge in [0.05, 0.1) is 0 Å². The van der Waals surface area contributed by atoms with Crippen LogP contribution in [-0.4, -0.2) is 4.98 Å². The Morgan fingerprint density at radius 1 is 1.24 bits per heavy atom. The molecule has 1 aromatic heterocycles. The Morgan fingerprint density at radius 3 is 2.81 bits per heavy atom. The Labute approximate surface area is 126 Å². The van der Waals surface area contributed by atoms with Gasteiger partial charge in [0.2, 0.25) is 0 Å². The summed E-state index contributed by atoms with van der Waals surface area (Å²) in [5.41, 5.74) is 7.78. The SMILES string of the molecule is C=CC1(C)CCC2=C(C1)c1c[nH]c3cccc(c13)C2(C)C. The Hall–Kier alpha value is -1.76. The van der Waals surface area contributed by atoms with Crippen LogP contribution >= 0.6 is 0 Å². The molecule has 1 heterocycles. The molecule has 2 aliphatic carbocycles. The van der Waals surface area contributed by atoms with Gasteiger partial charge in [0.25, 0.3) is 0 Å².